The Hall–Kier alpha value is -0.900. The fraction of sp³-hybridized carbons (Fsp3) is 0.636. The van der Waals surface area contributed by atoms with Crippen molar-refractivity contribution in [2.45, 2.75) is 34.1 Å². The first kappa shape index (κ1) is 12.2. The molecule has 84 valence electrons. The van der Waals surface area contributed by atoms with Crippen LogP contribution in [0.5, 0.6) is 0 Å². The molecular formula is C11H18N2OS. The van der Waals surface area contributed by atoms with Crippen molar-refractivity contribution in [3.8, 4) is 0 Å². The summed E-state index contributed by atoms with van der Waals surface area (Å²) in [5, 5.41) is 5.85. The highest BCUT2D eigenvalue weighted by atomic mass is 32.1. The van der Waals surface area contributed by atoms with Gasteiger partial charge in [-0.3, -0.25) is 4.79 Å². The summed E-state index contributed by atoms with van der Waals surface area (Å²) >= 11 is 1.58. The minimum absolute atomic E-state index is 0.0511. The Labute approximate surface area is 94.9 Å². The second-order valence-electron chi connectivity index (χ2n) is 4.87. The van der Waals surface area contributed by atoms with E-state index in [0.29, 0.717) is 13.0 Å². The molecule has 3 nitrogen and oxygen atoms in total. The maximum Gasteiger partial charge on any atom is 0.226 e. The van der Waals surface area contributed by atoms with Gasteiger partial charge in [0.05, 0.1) is 17.1 Å². The monoisotopic (exact) mass is 226 g/mol. The van der Waals surface area contributed by atoms with Gasteiger partial charge in [0.25, 0.3) is 0 Å². The van der Waals surface area contributed by atoms with E-state index in [1.54, 1.807) is 11.3 Å². The molecule has 0 aliphatic heterocycles. The number of carbonyl (C=O) groups excluding carboxylic acids is 1. The Kier molecular flexibility index (Phi) is 3.85. The molecule has 0 aliphatic carbocycles. The lowest BCUT2D eigenvalue weighted by Gasteiger charge is -2.18. The number of rotatable bonds is 3. The lowest BCUT2D eigenvalue weighted by Crippen LogP contribution is -2.33. The zero-order valence-corrected chi connectivity index (χ0v) is 10.6. The zero-order chi connectivity index (χ0) is 11.5. The summed E-state index contributed by atoms with van der Waals surface area (Å²) in [5.41, 5.74) is 0.997. The molecule has 0 bridgehead atoms. The minimum atomic E-state index is 0.0511. The van der Waals surface area contributed by atoms with E-state index in [2.05, 4.69) is 31.1 Å². The topological polar surface area (TPSA) is 42.0 Å². The Morgan fingerprint density at radius 1 is 1.53 bits per heavy atom. The molecule has 0 saturated heterocycles. The molecule has 1 aromatic rings. The summed E-state index contributed by atoms with van der Waals surface area (Å²) in [6.07, 6.45) is 0.389. The normalized spacial score (nSPS) is 11.5. The van der Waals surface area contributed by atoms with Crippen molar-refractivity contribution in [3.05, 3.63) is 16.1 Å². The van der Waals surface area contributed by atoms with Crippen LogP contribution in [0.4, 0.5) is 0 Å². The number of aryl methyl sites for hydroxylation is 1. The van der Waals surface area contributed by atoms with Crippen molar-refractivity contribution in [1.82, 2.24) is 10.3 Å². The Bertz CT molecular complexity index is 339. The molecule has 1 amide bonds. The number of thiazole rings is 1. The van der Waals surface area contributed by atoms with Crippen molar-refractivity contribution in [3.63, 3.8) is 0 Å². The van der Waals surface area contributed by atoms with Crippen LogP contribution in [0.1, 0.15) is 31.5 Å². The van der Waals surface area contributed by atoms with Crippen molar-refractivity contribution >= 4 is 17.2 Å². The van der Waals surface area contributed by atoms with Gasteiger partial charge in [0.1, 0.15) is 0 Å². The maximum atomic E-state index is 11.5. The number of hydrogen-bond acceptors (Lipinski definition) is 3. The van der Waals surface area contributed by atoms with Gasteiger partial charge in [-0.25, -0.2) is 4.98 Å². The van der Waals surface area contributed by atoms with Gasteiger partial charge in [-0.15, -0.1) is 11.3 Å². The van der Waals surface area contributed by atoms with Crippen LogP contribution in [-0.4, -0.2) is 17.4 Å². The number of carbonyl (C=O) groups is 1. The lowest BCUT2D eigenvalue weighted by molar-refractivity contribution is -0.120. The number of nitrogens with zero attached hydrogens (tertiary/aromatic N) is 1. The molecule has 0 aromatic carbocycles. The van der Waals surface area contributed by atoms with E-state index in [9.17, 15) is 4.79 Å². The fourth-order valence-corrected chi connectivity index (χ4v) is 1.69. The van der Waals surface area contributed by atoms with Gasteiger partial charge in [0.2, 0.25) is 5.91 Å². The van der Waals surface area contributed by atoms with Crippen LogP contribution in [0.25, 0.3) is 0 Å². The molecular weight excluding hydrogens is 208 g/mol. The van der Waals surface area contributed by atoms with Gasteiger partial charge in [-0.2, -0.15) is 0 Å². The van der Waals surface area contributed by atoms with Crippen LogP contribution in [0, 0.1) is 12.3 Å². The second-order valence-corrected chi connectivity index (χ2v) is 5.93. The summed E-state index contributed by atoms with van der Waals surface area (Å²) in [4.78, 5) is 15.8. The first-order chi connectivity index (χ1) is 6.87. The summed E-state index contributed by atoms with van der Waals surface area (Å²) in [5.74, 6) is 0.0511. The molecule has 1 aromatic heterocycles. The Balaban J connectivity index is 2.37. The summed E-state index contributed by atoms with van der Waals surface area (Å²) < 4.78 is 0. The highest BCUT2D eigenvalue weighted by molar-refractivity contribution is 7.09. The third kappa shape index (κ3) is 4.93. The zero-order valence-electron chi connectivity index (χ0n) is 9.76. The molecule has 1 heterocycles. The van der Waals surface area contributed by atoms with Crippen molar-refractivity contribution in [2.75, 3.05) is 6.54 Å². The minimum Gasteiger partial charge on any atom is -0.355 e. The van der Waals surface area contributed by atoms with Crippen LogP contribution >= 0.6 is 11.3 Å². The van der Waals surface area contributed by atoms with Gasteiger partial charge >= 0.3 is 0 Å². The predicted molar refractivity (Wildman–Crippen MR) is 63.0 cm³/mol. The van der Waals surface area contributed by atoms with Crippen LogP contribution < -0.4 is 5.32 Å². The molecule has 0 spiro atoms. The molecule has 0 aliphatic rings. The van der Waals surface area contributed by atoms with Crippen LogP contribution in [0.3, 0.4) is 0 Å². The van der Waals surface area contributed by atoms with Gasteiger partial charge in [-0.05, 0) is 12.3 Å². The van der Waals surface area contributed by atoms with Gasteiger partial charge < -0.3 is 5.32 Å². The molecule has 0 radical (unpaired) electrons. The fourth-order valence-electron chi connectivity index (χ4n) is 1.08. The molecule has 0 unspecified atom stereocenters. The molecule has 0 fully saturated rings. The molecule has 0 atom stereocenters. The van der Waals surface area contributed by atoms with Gasteiger partial charge in [0, 0.05) is 11.9 Å². The average Bonchev–Trinajstić information content (AvgIpc) is 2.47. The van der Waals surface area contributed by atoms with E-state index in [0.717, 1.165) is 10.7 Å². The average molecular weight is 226 g/mol. The summed E-state index contributed by atoms with van der Waals surface area (Å²) in [6, 6.07) is 0. The molecule has 0 saturated carbocycles. The van der Waals surface area contributed by atoms with Crippen LogP contribution in [0.15, 0.2) is 5.38 Å². The Morgan fingerprint density at radius 3 is 2.67 bits per heavy atom. The number of nitrogens with one attached hydrogen (secondary N) is 1. The molecule has 4 heteroatoms. The number of aromatic nitrogens is 1. The van der Waals surface area contributed by atoms with Crippen molar-refractivity contribution < 1.29 is 4.79 Å². The summed E-state index contributed by atoms with van der Waals surface area (Å²) in [7, 11) is 0. The number of hydrogen-bond donors (Lipinski definition) is 1. The van der Waals surface area contributed by atoms with Gasteiger partial charge in [-0.1, -0.05) is 20.8 Å². The number of amides is 1. The molecule has 15 heavy (non-hydrogen) atoms. The summed E-state index contributed by atoms with van der Waals surface area (Å²) in [6.45, 7) is 8.94. The lowest BCUT2D eigenvalue weighted by atomic mass is 9.97. The van der Waals surface area contributed by atoms with Crippen LogP contribution in [-0.2, 0) is 11.2 Å². The highest BCUT2D eigenvalue weighted by Crippen LogP contribution is 2.11. The van der Waals surface area contributed by atoms with E-state index in [4.69, 9.17) is 0 Å². The first-order valence-electron chi connectivity index (χ1n) is 5.04. The SMILES string of the molecule is Cc1nc(CC(=O)NCC(C)(C)C)cs1. The third-order valence-corrected chi connectivity index (χ3v) is 2.65. The van der Waals surface area contributed by atoms with Crippen molar-refractivity contribution in [1.29, 1.82) is 0 Å². The van der Waals surface area contributed by atoms with E-state index in [-0.39, 0.29) is 11.3 Å². The standard InChI is InChI=1S/C11H18N2OS/c1-8-13-9(6-15-8)5-10(14)12-7-11(2,3)4/h6H,5,7H2,1-4H3,(H,12,14). The van der Waals surface area contributed by atoms with E-state index >= 15 is 0 Å². The van der Waals surface area contributed by atoms with Crippen molar-refractivity contribution in [2.24, 2.45) is 5.41 Å². The second kappa shape index (κ2) is 4.75. The third-order valence-electron chi connectivity index (χ3n) is 1.82. The quantitative estimate of drug-likeness (QED) is 0.858. The smallest absolute Gasteiger partial charge is 0.226 e. The van der Waals surface area contributed by atoms with Crippen LogP contribution in [0.2, 0.25) is 0 Å². The van der Waals surface area contributed by atoms with Gasteiger partial charge in [0.15, 0.2) is 0 Å². The first-order valence-corrected chi connectivity index (χ1v) is 5.92. The molecule has 1 rings (SSSR count). The van der Waals surface area contributed by atoms with E-state index < -0.39 is 0 Å². The maximum absolute atomic E-state index is 11.5. The predicted octanol–water partition coefficient (Wildman–Crippen LogP) is 2.16. The Morgan fingerprint density at radius 2 is 2.20 bits per heavy atom. The largest absolute Gasteiger partial charge is 0.355 e. The van der Waals surface area contributed by atoms with E-state index in [1.165, 1.54) is 0 Å². The molecule has 1 N–H and O–H groups in total. The highest BCUT2D eigenvalue weighted by Gasteiger charge is 2.12. The van der Waals surface area contributed by atoms with E-state index in [1.807, 2.05) is 12.3 Å².